The van der Waals surface area contributed by atoms with Crippen molar-refractivity contribution in [2.24, 2.45) is 0 Å². The first-order valence-corrected chi connectivity index (χ1v) is 9.64. The molecule has 3 aliphatic heterocycles. The van der Waals surface area contributed by atoms with Crippen LogP contribution in [0.5, 0.6) is 11.5 Å². The fourth-order valence-electron chi connectivity index (χ4n) is 3.33. The Bertz CT molecular complexity index is 1010. The van der Waals surface area contributed by atoms with Gasteiger partial charge in [-0.2, -0.15) is 0 Å². The van der Waals surface area contributed by atoms with Crippen LogP contribution in [-0.4, -0.2) is 50.4 Å². The number of hydrogen-bond donors (Lipinski definition) is 0. The summed E-state index contributed by atoms with van der Waals surface area (Å²) in [4.78, 5) is 27.2. The van der Waals surface area contributed by atoms with Crippen LogP contribution in [0.1, 0.15) is 31.8 Å². The van der Waals surface area contributed by atoms with Crippen LogP contribution in [0.2, 0.25) is 0 Å². The molecular formula is C22H21NO6. The molecule has 0 bridgehead atoms. The van der Waals surface area contributed by atoms with Crippen LogP contribution in [0.3, 0.4) is 0 Å². The third-order valence-corrected chi connectivity index (χ3v) is 5.39. The van der Waals surface area contributed by atoms with Crippen LogP contribution >= 0.6 is 0 Å². The topological polar surface area (TPSA) is 80.9 Å². The summed E-state index contributed by atoms with van der Waals surface area (Å²) in [5.74, 6) is 0.496. The van der Waals surface area contributed by atoms with E-state index in [2.05, 4.69) is 0 Å². The van der Waals surface area contributed by atoms with E-state index in [9.17, 15) is 9.59 Å². The van der Waals surface area contributed by atoms with Crippen molar-refractivity contribution in [3.05, 3.63) is 52.6 Å². The minimum Gasteiger partial charge on any atom is -0.491 e. The standard InChI is InChI=1S/C22H21NO6/c1-12-5-14(6-20(13(12)2)29-11-17-10-28-17)23-21(24)18-4-3-15(7-19(18)22(23)25)26-8-16-9-27-16/h3-7,16-17H,8-11H2,1-2H3. The Kier molecular flexibility index (Phi) is 4.29. The maximum Gasteiger partial charge on any atom is 0.266 e. The van der Waals surface area contributed by atoms with Gasteiger partial charge in [-0.05, 0) is 49.2 Å². The van der Waals surface area contributed by atoms with Crippen LogP contribution in [0.25, 0.3) is 0 Å². The Morgan fingerprint density at radius 1 is 0.931 bits per heavy atom. The zero-order valence-electron chi connectivity index (χ0n) is 16.3. The van der Waals surface area contributed by atoms with Gasteiger partial charge >= 0.3 is 0 Å². The smallest absolute Gasteiger partial charge is 0.266 e. The van der Waals surface area contributed by atoms with Crippen molar-refractivity contribution in [2.75, 3.05) is 31.3 Å². The van der Waals surface area contributed by atoms with E-state index >= 15 is 0 Å². The minimum absolute atomic E-state index is 0.118. The van der Waals surface area contributed by atoms with Gasteiger partial charge in [0.15, 0.2) is 0 Å². The van der Waals surface area contributed by atoms with Crippen molar-refractivity contribution in [1.82, 2.24) is 0 Å². The summed E-state index contributed by atoms with van der Waals surface area (Å²) < 4.78 is 21.8. The SMILES string of the molecule is Cc1cc(N2C(=O)c3ccc(OCC4CO4)cc3C2=O)cc(OCC2CO2)c1C. The zero-order valence-corrected chi connectivity index (χ0v) is 16.3. The molecule has 0 saturated carbocycles. The molecule has 29 heavy (non-hydrogen) atoms. The molecule has 2 atom stereocenters. The third-order valence-electron chi connectivity index (χ3n) is 5.39. The number of fused-ring (bicyclic) bond motifs is 1. The molecule has 5 rings (SSSR count). The number of benzene rings is 2. The number of rotatable bonds is 7. The monoisotopic (exact) mass is 395 g/mol. The van der Waals surface area contributed by atoms with Crippen molar-refractivity contribution in [1.29, 1.82) is 0 Å². The average molecular weight is 395 g/mol. The second kappa shape index (κ2) is 6.86. The molecule has 150 valence electrons. The fraction of sp³-hybridized carbons (Fsp3) is 0.364. The van der Waals surface area contributed by atoms with E-state index < -0.39 is 0 Å². The van der Waals surface area contributed by atoms with Crippen molar-refractivity contribution in [3.8, 4) is 11.5 Å². The van der Waals surface area contributed by atoms with E-state index in [-0.39, 0.29) is 24.0 Å². The molecule has 0 aromatic heterocycles. The lowest BCUT2D eigenvalue weighted by atomic mass is 10.1. The highest BCUT2D eigenvalue weighted by Gasteiger charge is 2.37. The fourth-order valence-corrected chi connectivity index (χ4v) is 3.33. The summed E-state index contributed by atoms with van der Waals surface area (Å²) >= 11 is 0. The summed E-state index contributed by atoms with van der Waals surface area (Å²) in [5, 5.41) is 0. The number of amides is 2. The number of epoxide rings is 2. The van der Waals surface area contributed by atoms with Gasteiger partial charge < -0.3 is 18.9 Å². The van der Waals surface area contributed by atoms with Crippen molar-refractivity contribution >= 4 is 17.5 Å². The molecule has 3 heterocycles. The molecule has 0 radical (unpaired) electrons. The van der Waals surface area contributed by atoms with Gasteiger partial charge in [0.1, 0.15) is 36.9 Å². The summed E-state index contributed by atoms with van der Waals surface area (Å²) in [6.07, 6.45) is 0.240. The molecule has 7 nitrogen and oxygen atoms in total. The first-order chi connectivity index (χ1) is 14.0. The first-order valence-electron chi connectivity index (χ1n) is 9.64. The molecule has 7 heteroatoms. The van der Waals surface area contributed by atoms with Gasteiger partial charge in [0.25, 0.3) is 11.8 Å². The van der Waals surface area contributed by atoms with Crippen molar-refractivity contribution in [3.63, 3.8) is 0 Å². The number of aryl methyl sites for hydroxylation is 1. The maximum atomic E-state index is 13.1. The van der Waals surface area contributed by atoms with Crippen LogP contribution in [0, 0.1) is 13.8 Å². The van der Waals surface area contributed by atoms with E-state index in [1.54, 1.807) is 24.3 Å². The number of ether oxygens (including phenoxy) is 4. The zero-order chi connectivity index (χ0) is 20.1. The quantitative estimate of drug-likeness (QED) is 0.530. The number of anilines is 1. The molecule has 0 N–H and O–H groups in total. The summed E-state index contributed by atoms with van der Waals surface area (Å²) in [6.45, 7) is 6.18. The molecule has 0 spiro atoms. The molecule has 0 aliphatic carbocycles. The number of hydrogen-bond acceptors (Lipinski definition) is 6. The predicted molar refractivity (Wildman–Crippen MR) is 104 cm³/mol. The second-order valence-electron chi connectivity index (χ2n) is 7.57. The lowest BCUT2D eigenvalue weighted by Gasteiger charge is -2.18. The molecular weight excluding hydrogens is 374 g/mol. The van der Waals surface area contributed by atoms with Crippen LogP contribution in [0.15, 0.2) is 30.3 Å². The van der Waals surface area contributed by atoms with E-state index in [0.29, 0.717) is 54.7 Å². The van der Waals surface area contributed by atoms with E-state index in [1.165, 1.54) is 4.90 Å². The van der Waals surface area contributed by atoms with Gasteiger partial charge in [0.05, 0.1) is 30.0 Å². The van der Waals surface area contributed by atoms with Gasteiger partial charge in [-0.25, -0.2) is 4.90 Å². The Hall–Kier alpha value is -2.90. The highest BCUT2D eigenvalue weighted by atomic mass is 16.6. The van der Waals surface area contributed by atoms with Crippen LogP contribution in [0.4, 0.5) is 5.69 Å². The molecule has 2 saturated heterocycles. The number of carbonyl (C=O) groups excluding carboxylic acids is 2. The second-order valence-corrected chi connectivity index (χ2v) is 7.57. The lowest BCUT2D eigenvalue weighted by Crippen LogP contribution is -2.29. The van der Waals surface area contributed by atoms with Crippen molar-refractivity contribution < 1.29 is 28.5 Å². The van der Waals surface area contributed by atoms with E-state index in [1.807, 2.05) is 19.9 Å². The average Bonchev–Trinajstić information content (AvgIpc) is 3.62. The van der Waals surface area contributed by atoms with Gasteiger partial charge in [0.2, 0.25) is 0 Å². The normalized spacial score (nSPS) is 21.9. The van der Waals surface area contributed by atoms with Gasteiger partial charge in [0, 0.05) is 6.07 Å². The van der Waals surface area contributed by atoms with Gasteiger partial charge in [-0.15, -0.1) is 0 Å². The molecule has 2 aromatic rings. The number of imide groups is 1. The minimum atomic E-state index is -0.363. The molecule has 3 aliphatic rings. The largest absolute Gasteiger partial charge is 0.491 e. The Balaban J connectivity index is 1.42. The summed E-state index contributed by atoms with van der Waals surface area (Å²) in [7, 11) is 0. The summed E-state index contributed by atoms with van der Waals surface area (Å²) in [6, 6.07) is 8.55. The van der Waals surface area contributed by atoms with Crippen LogP contribution < -0.4 is 14.4 Å². The Labute approximate surface area is 168 Å². The lowest BCUT2D eigenvalue weighted by molar-refractivity contribution is 0.0926. The molecule has 2 aromatic carbocycles. The predicted octanol–water partition coefficient (Wildman–Crippen LogP) is 2.66. The highest BCUT2D eigenvalue weighted by Crippen LogP contribution is 2.35. The highest BCUT2D eigenvalue weighted by molar-refractivity contribution is 6.34. The number of nitrogens with zero attached hydrogens (tertiary/aromatic N) is 1. The Morgan fingerprint density at radius 2 is 1.59 bits per heavy atom. The first kappa shape index (κ1) is 18.1. The van der Waals surface area contributed by atoms with Crippen LogP contribution in [-0.2, 0) is 9.47 Å². The molecule has 2 unspecified atom stereocenters. The summed E-state index contributed by atoms with van der Waals surface area (Å²) in [5.41, 5.74) is 3.14. The maximum absolute atomic E-state index is 13.1. The van der Waals surface area contributed by atoms with E-state index in [4.69, 9.17) is 18.9 Å². The van der Waals surface area contributed by atoms with Gasteiger partial charge in [-0.1, -0.05) is 0 Å². The molecule has 2 fully saturated rings. The Morgan fingerprint density at radius 3 is 2.28 bits per heavy atom. The third kappa shape index (κ3) is 3.47. The molecule has 2 amide bonds. The van der Waals surface area contributed by atoms with E-state index in [0.717, 1.165) is 11.1 Å². The number of carbonyl (C=O) groups is 2. The van der Waals surface area contributed by atoms with Gasteiger partial charge in [-0.3, -0.25) is 9.59 Å². The van der Waals surface area contributed by atoms with Crippen molar-refractivity contribution in [2.45, 2.75) is 26.1 Å².